The molecule has 1 aliphatic rings. The van der Waals surface area contributed by atoms with E-state index >= 15 is 0 Å². The van der Waals surface area contributed by atoms with Gasteiger partial charge in [0.2, 0.25) is 0 Å². The number of ether oxygens (including phenoxy) is 1. The Morgan fingerprint density at radius 1 is 1.13 bits per heavy atom. The Labute approximate surface area is 129 Å². The van der Waals surface area contributed by atoms with Crippen molar-refractivity contribution in [1.29, 1.82) is 0 Å². The first-order chi connectivity index (χ1) is 11.2. The molecule has 0 bridgehead atoms. The van der Waals surface area contributed by atoms with Crippen molar-refractivity contribution in [3.63, 3.8) is 0 Å². The van der Waals surface area contributed by atoms with Crippen LogP contribution in [0.5, 0.6) is 0 Å². The SMILES string of the molecule is OC[C@H]1O[C@@H](n2ccc3c(-n4cnnc4)ncnc32)[C@H](O)[C@@H]1O. The van der Waals surface area contributed by atoms with Crippen LogP contribution in [0.1, 0.15) is 6.23 Å². The highest BCUT2D eigenvalue weighted by molar-refractivity contribution is 5.83. The lowest BCUT2D eigenvalue weighted by Crippen LogP contribution is -2.33. The van der Waals surface area contributed by atoms with Crippen molar-refractivity contribution >= 4 is 11.0 Å². The smallest absolute Gasteiger partial charge is 0.164 e. The van der Waals surface area contributed by atoms with Gasteiger partial charge in [0.25, 0.3) is 0 Å². The van der Waals surface area contributed by atoms with Crippen LogP contribution >= 0.6 is 0 Å². The maximum atomic E-state index is 10.2. The highest BCUT2D eigenvalue weighted by Crippen LogP contribution is 2.32. The number of aliphatic hydroxyl groups excluding tert-OH is 3. The van der Waals surface area contributed by atoms with Crippen LogP contribution in [0.25, 0.3) is 16.9 Å². The van der Waals surface area contributed by atoms with E-state index in [1.165, 1.54) is 19.0 Å². The zero-order valence-electron chi connectivity index (χ0n) is 11.8. The van der Waals surface area contributed by atoms with E-state index in [1.807, 2.05) is 0 Å². The molecule has 10 heteroatoms. The van der Waals surface area contributed by atoms with Crippen molar-refractivity contribution < 1.29 is 20.1 Å². The number of hydrogen-bond acceptors (Lipinski definition) is 8. The molecule has 10 nitrogen and oxygen atoms in total. The molecule has 0 amide bonds. The summed E-state index contributed by atoms with van der Waals surface area (Å²) in [5.74, 6) is 0.588. The number of nitrogens with zero attached hydrogens (tertiary/aromatic N) is 6. The first-order valence-electron chi connectivity index (χ1n) is 6.99. The second-order valence-electron chi connectivity index (χ2n) is 5.26. The Bertz CT molecular complexity index is 819. The lowest BCUT2D eigenvalue weighted by Gasteiger charge is -2.17. The summed E-state index contributed by atoms with van der Waals surface area (Å²) in [5, 5.41) is 37.5. The third-order valence-electron chi connectivity index (χ3n) is 3.94. The van der Waals surface area contributed by atoms with Crippen molar-refractivity contribution in [3.8, 4) is 5.82 Å². The number of rotatable bonds is 3. The van der Waals surface area contributed by atoms with E-state index in [1.54, 1.807) is 21.4 Å². The molecule has 0 unspecified atom stereocenters. The fourth-order valence-corrected chi connectivity index (χ4v) is 2.79. The molecule has 0 spiro atoms. The van der Waals surface area contributed by atoms with E-state index in [4.69, 9.17) is 4.74 Å². The van der Waals surface area contributed by atoms with E-state index in [2.05, 4.69) is 20.2 Å². The predicted molar refractivity (Wildman–Crippen MR) is 75.5 cm³/mol. The monoisotopic (exact) mass is 318 g/mol. The molecule has 4 rings (SSSR count). The number of hydrogen-bond donors (Lipinski definition) is 3. The zero-order valence-corrected chi connectivity index (χ0v) is 11.8. The fourth-order valence-electron chi connectivity index (χ4n) is 2.79. The molecule has 4 heterocycles. The maximum Gasteiger partial charge on any atom is 0.164 e. The summed E-state index contributed by atoms with van der Waals surface area (Å²) in [6.45, 7) is -0.380. The van der Waals surface area contributed by atoms with Gasteiger partial charge in [-0.3, -0.25) is 4.57 Å². The molecule has 4 atom stereocenters. The highest BCUT2D eigenvalue weighted by Gasteiger charge is 2.43. The topological polar surface area (TPSA) is 131 Å². The molecule has 3 aromatic rings. The van der Waals surface area contributed by atoms with Gasteiger partial charge in [0.05, 0.1) is 12.0 Å². The minimum Gasteiger partial charge on any atom is -0.394 e. The molecule has 0 radical (unpaired) electrons. The summed E-state index contributed by atoms with van der Waals surface area (Å²) >= 11 is 0. The molecule has 1 aliphatic heterocycles. The van der Waals surface area contributed by atoms with Crippen LogP contribution in [0.4, 0.5) is 0 Å². The maximum absolute atomic E-state index is 10.2. The third kappa shape index (κ3) is 2.11. The van der Waals surface area contributed by atoms with Crippen LogP contribution in [0, 0.1) is 0 Å². The molecule has 1 fully saturated rings. The predicted octanol–water partition coefficient (Wildman–Crippen LogP) is -1.38. The molecule has 0 aromatic carbocycles. The van der Waals surface area contributed by atoms with Gasteiger partial charge in [-0.2, -0.15) is 0 Å². The van der Waals surface area contributed by atoms with Crippen molar-refractivity contribution in [2.45, 2.75) is 24.5 Å². The number of aliphatic hydroxyl groups is 3. The van der Waals surface area contributed by atoms with Crippen LogP contribution in [-0.4, -0.2) is 69.5 Å². The molecular formula is C13H14N6O4. The van der Waals surface area contributed by atoms with Gasteiger partial charge in [0.15, 0.2) is 12.0 Å². The quantitative estimate of drug-likeness (QED) is 0.538. The van der Waals surface area contributed by atoms with Crippen LogP contribution < -0.4 is 0 Å². The lowest BCUT2D eigenvalue weighted by molar-refractivity contribution is -0.0508. The largest absolute Gasteiger partial charge is 0.394 e. The number of fused-ring (bicyclic) bond motifs is 1. The van der Waals surface area contributed by atoms with Crippen molar-refractivity contribution in [2.24, 2.45) is 0 Å². The summed E-state index contributed by atoms with van der Waals surface area (Å²) in [7, 11) is 0. The molecule has 120 valence electrons. The average molecular weight is 318 g/mol. The van der Waals surface area contributed by atoms with Crippen molar-refractivity contribution in [3.05, 3.63) is 31.2 Å². The summed E-state index contributed by atoms with van der Waals surface area (Å²) in [4.78, 5) is 8.45. The van der Waals surface area contributed by atoms with Crippen molar-refractivity contribution in [1.82, 2.24) is 29.3 Å². The Morgan fingerprint density at radius 2 is 1.91 bits per heavy atom. The molecular weight excluding hydrogens is 304 g/mol. The Hall–Kier alpha value is -2.40. The van der Waals surface area contributed by atoms with Gasteiger partial charge >= 0.3 is 0 Å². The molecule has 0 saturated carbocycles. The van der Waals surface area contributed by atoms with Gasteiger partial charge in [-0.05, 0) is 6.07 Å². The van der Waals surface area contributed by atoms with E-state index in [0.29, 0.717) is 16.9 Å². The van der Waals surface area contributed by atoms with Crippen LogP contribution in [0.2, 0.25) is 0 Å². The van der Waals surface area contributed by atoms with Gasteiger partial charge in [0.1, 0.15) is 42.9 Å². The van der Waals surface area contributed by atoms with Gasteiger partial charge in [-0.1, -0.05) is 0 Å². The van der Waals surface area contributed by atoms with E-state index in [9.17, 15) is 15.3 Å². The van der Waals surface area contributed by atoms with Gasteiger partial charge in [-0.15, -0.1) is 10.2 Å². The molecule has 23 heavy (non-hydrogen) atoms. The molecule has 3 aromatic heterocycles. The summed E-state index contributed by atoms with van der Waals surface area (Å²) in [6.07, 6.45) is 2.09. The second kappa shape index (κ2) is 5.35. The lowest BCUT2D eigenvalue weighted by atomic mass is 10.1. The Kier molecular flexibility index (Phi) is 3.31. The summed E-state index contributed by atoms with van der Waals surface area (Å²) in [6, 6.07) is 1.78. The van der Waals surface area contributed by atoms with Gasteiger partial charge in [-0.25, -0.2) is 9.97 Å². The van der Waals surface area contributed by atoms with Crippen LogP contribution in [0.3, 0.4) is 0 Å². The Morgan fingerprint density at radius 3 is 2.61 bits per heavy atom. The van der Waals surface area contributed by atoms with E-state index in [-0.39, 0.29) is 6.61 Å². The minimum absolute atomic E-state index is 0.380. The molecule has 0 aliphatic carbocycles. The highest BCUT2D eigenvalue weighted by atomic mass is 16.6. The molecule has 3 N–H and O–H groups in total. The van der Waals surface area contributed by atoms with Crippen LogP contribution in [0.15, 0.2) is 31.2 Å². The minimum atomic E-state index is -1.17. The van der Waals surface area contributed by atoms with Crippen molar-refractivity contribution in [2.75, 3.05) is 6.61 Å². The Balaban J connectivity index is 1.80. The van der Waals surface area contributed by atoms with Gasteiger partial charge < -0.3 is 24.6 Å². The average Bonchev–Trinajstić information content (AvgIpc) is 3.28. The van der Waals surface area contributed by atoms with E-state index in [0.717, 1.165) is 0 Å². The van der Waals surface area contributed by atoms with Crippen LogP contribution in [-0.2, 0) is 4.74 Å². The summed E-state index contributed by atoms with van der Waals surface area (Å²) < 4.78 is 8.79. The first kappa shape index (κ1) is 14.2. The zero-order chi connectivity index (χ0) is 16.0. The third-order valence-corrected chi connectivity index (χ3v) is 3.94. The first-order valence-corrected chi connectivity index (χ1v) is 6.99. The fraction of sp³-hybridized carbons (Fsp3) is 0.385. The normalized spacial score (nSPS) is 27.8. The second-order valence-corrected chi connectivity index (χ2v) is 5.26. The molecule has 1 saturated heterocycles. The van der Waals surface area contributed by atoms with Gasteiger partial charge in [0, 0.05) is 6.20 Å². The van der Waals surface area contributed by atoms with E-state index < -0.39 is 24.5 Å². The standard InChI is InChI=1S/C13H14N6O4/c20-3-8-9(21)10(22)13(23-8)19-2-1-7-11(14-4-15-12(7)19)18-5-16-17-6-18/h1-2,4-6,8-10,13,20-22H,3H2/t8-,9-,10-,13-/m1/s1. The summed E-state index contributed by atoms with van der Waals surface area (Å²) in [5.41, 5.74) is 0.526. The number of aromatic nitrogens is 6.